The number of aromatic nitrogens is 6. The molecular weight excluding hydrogens is 1290 g/mol. The summed E-state index contributed by atoms with van der Waals surface area (Å²) in [5.41, 5.74) is -4.13. The maximum absolute atomic E-state index is 17.9. The lowest BCUT2D eigenvalue weighted by Gasteiger charge is -2.49. The summed E-state index contributed by atoms with van der Waals surface area (Å²) in [7, 11) is -2.04. The minimum atomic E-state index is -3.78. The van der Waals surface area contributed by atoms with Crippen molar-refractivity contribution < 1.29 is 59.2 Å². The molecule has 7 aromatic rings. The van der Waals surface area contributed by atoms with Gasteiger partial charge < -0.3 is 34.8 Å². The van der Waals surface area contributed by atoms with Crippen LogP contribution in [0, 0.1) is 17.5 Å². The largest absolute Gasteiger partial charge is 0.508 e. The van der Waals surface area contributed by atoms with E-state index in [2.05, 4.69) is 46.2 Å². The number of carbonyl (C=O) groups is 1. The summed E-state index contributed by atoms with van der Waals surface area (Å²) in [4.78, 5) is 47.9. The van der Waals surface area contributed by atoms with Crippen LogP contribution in [0.4, 0.5) is 38.0 Å². The molecule has 14 rings (SSSR count). The second-order valence-corrected chi connectivity index (χ2v) is 28.7. The highest BCUT2D eigenvalue weighted by molar-refractivity contribution is 7.87. The fraction of sp³-hybridized carbons (Fsp3) is 0.462. The highest BCUT2D eigenvalue weighted by Crippen LogP contribution is 2.46. The number of aromatic hydroxyl groups is 2. The van der Waals surface area contributed by atoms with Crippen LogP contribution in [0.3, 0.4) is 0 Å². The van der Waals surface area contributed by atoms with Crippen molar-refractivity contribution in [2.24, 2.45) is 0 Å². The molecule has 20 nitrogen and oxygen atoms in total. The molecule has 0 aliphatic carbocycles. The third-order valence-electron chi connectivity index (χ3n) is 20.2. The summed E-state index contributed by atoms with van der Waals surface area (Å²) in [6.07, 6.45) is 6.48. The Hall–Kier alpha value is -7.40. The Kier molecular flexibility index (Phi) is 16.4. The number of likely N-dealkylation sites (N-methyl/N-ethyl adjacent to an activating group) is 1. The number of hydrogen-bond acceptors (Lipinski definition) is 17. The van der Waals surface area contributed by atoms with Gasteiger partial charge in [0.2, 0.25) is 5.91 Å². The fourth-order valence-corrected chi connectivity index (χ4v) is 17.7. The number of benzene rings is 3. The van der Waals surface area contributed by atoms with E-state index in [1.54, 1.807) is 7.05 Å². The van der Waals surface area contributed by atoms with E-state index in [1.165, 1.54) is 49.6 Å². The molecule has 7 fully saturated rings. The van der Waals surface area contributed by atoms with E-state index in [4.69, 9.17) is 42.6 Å². The molecule has 94 heavy (non-hydrogen) atoms. The Morgan fingerprint density at radius 1 is 0.809 bits per heavy atom. The highest BCUT2D eigenvalue weighted by Gasteiger charge is 2.51. The van der Waals surface area contributed by atoms with Crippen molar-refractivity contribution in [3.63, 3.8) is 0 Å². The van der Waals surface area contributed by atoms with E-state index < -0.39 is 73.0 Å². The number of nitrogens with one attached hydrogen (secondary N) is 3. The lowest BCUT2D eigenvalue weighted by atomic mass is 9.80. The molecule has 1 unspecified atom stereocenters. The number of aryl methyl sites for hydroxylation is 1. The number of fused-ring (bicyclic) bond motifs is 4. The Bertz CT molecular complexity index is 4580. The molecular formula is C65H67Cl2F6N13O7S. The summed E-state index contributed by atoms with van der Waals surface area (Å²) in [6, 6.07) is 5.80. The second kappa shape index (κ2) is 24.1. The number of halogens is 8. The number of phenolic OH excluding ortho intramolecular Hbond substituents is 2. The molecule has 0 bridgehead atoms. The van der Waals surface area contributed by atoms with Gasteiger partial charge in [0.15, 0.2) is 11.6 Å². The maximum Gasteiger partial charge on any atom is 0.319 e. The third kappa shape index (κ3) is 11.4. The Morgan fingerprint density at radius 2 is 1.41 bits per heavy atom. The SMILES string of the molecule is C=c1cc(O)cc(-c2ncc3c(N4CCC[C@]5(CC(=O)N5)C4)nc(OC[C@]4(CCCc5cc(F)c(Cl)c6c(-c7ncc8c(N9CCCC%10(CNS(=O)(=O)N%10)C9)nc(OC[C@@]9%10CCCN9C[C@H](F)C%10)nc8c7F)cc(O)cc56)C[C@@H](F)CN4C)nc3c2F)/c1=C(Cl)/C(F)=C\C. The molecule has 1 amide bonds. The molecule has 7 saturated heterocycles. The molecule has 496 valence electrons. The quantitative estimate of drug-likeness (QED) is 0.0479. The maximum atomic E-state index is 17.9. The van der Waals surface area contributed by atoms with Crippen LogP contribution in [0.25, 0.3) is 66.7 Å². The number of nitrogens with zero attached hydrogens (tertiary/aromatic N) is 10. The van der Waals surface area contributed by atoms with Crippen LogP contribution in [0.5, 0.6) is 23.5 Å². The zero-order valence-corrected chi connectivity index (χ0v) is 53.7. The Morgan fingerprint density at radius 3 is 2.04 bits per heavy atom. The molecule has 0 saturated carbocycles. The lowest BCUT2D eigenvalue weighted by Crippen LogP contribution is -2.68. The van der Waals surface area contributed by atoms with Gasteiger partial charge in [0.05, 0.1) is 49.4 Å². The minimum absolute atomic E-state index is 0.0171. The number of alkyl halides is 2. The molecule has 2 spiro atoms. The first-order valence-electron chi connectivity index (χ1n) is 31.4. The number of pyridine rings is 2. The van der Waals surface area contributed by atoms with E-state index in [0.717, 1.165) is 12.5 Å². The van der Waals surface area contributed by atoms with E-state index in [9.17, 15) is 27.8 Å². The van der Waals surface area contributed by atoms with Gasteiger partial charge in [0, 0.05) is 92.8 Å². The van der Waals surface area contributed by atoms with Crippen LogP contribution in [0.15, 0.2) is 54.6 Å². The topological polar surface area (TPSA) is 237 Å². The molecule has 7 aliphatic heterocycles. The summed E-state index contributed by atoms with van der Waals surface area (Å²) in [5.74, 6) is -3.96. The summed E-state index contributed by atoms with van der Waals surface area (Å²) < 4.78 is 141. The average molecular weight is 1360 g/mol. The van der Waals surface area contributed by atoms with Crippen molar-refractivity contribution in [1.82, 2.24) is 54.5 Å². The van der Waals surface area contributed by atoms with Crippen molar-refractivity contribution in [2.45, 2.75) is 118 Å². The molecule has 0 radical (unpaired) electrons. The van der Waals surface area contributed by atoms with Crippen molar-refractivity contribution in [3.05, 3.63) is 93.1 Å². The monoisotopic (exact) mass is 1360 g/mol. The predicted molar refractivity (Wildman–Crippen MR) is 343 cm³/mol. The van der Waals surface area contributed by atoms with Gasteiger partial charge in [0.25, 0.3) is 10.2 Å². The van der Waals surface area contributed by atoms with E-state index in [-0.39, 0.29) is 190 Å². The van der Waals surface area contributed by atoms with Crippen molar-refractivity contribution in [2.75, 3.05) is 82.4 Å². The van der Waals surface area contributed by atoms with Crippen LogP contribution >= 0.6 is 23.2 Å². The van der Waals surface area contributed by atoms with Gasteiger partial charge >= 0.3 is 12.0 Å². The molecule has 4 aromatic heterocycles. The smallest absolute Gasteiger partial charge is 0.319 e. The number of rotatable bonds is 15. The van der Waals surface area contributed by atoms with Crippen LogP contribution in [-0.2, 0) is 21.4 Å². The Balaban J connectivity index is 0.792. The zero-order chi connectivity index (χ0) is 66.0. The lowest BCUT2D eigenvalue weighted by molar-refractivity contribution is -0.133. The van der Waals surface area contributed by atoms with E-state index in [1.807, 2.05) is 14.7 Å². The van der Waals surface area contributed by atoms with Crippen LogP contribution in [0.1, 0.15) is 83.1 Å². The van der Waals surface area contributed by atoms with E-state index >= 15 is 22.0 Å². The van der Waals surface area contributed by atoms with Gasteiger partial charge in [-0.15, -0.1) is 0 Å². The van der Waals surface area contributed by atoms with Gasteiger partial charge in [0.1, 0.15) is 82.8 Å². The van der Waals surface area contributed by atoms with Crippen molar-refractivity contribution in [3.8, 4) is 46.0 Å². The second-order valence-electron chi connectivity index (χ2n) is 26.4. The number of β-lactam (4-membered cyclic amide) rings is 1. The summed E-state index contributed by atoms with van der Waals surface area (Å²) >= 11 is 13.4. The number of carbonyl (C=O) groups excluding carboxylic acids is 1. The number of likely N-dealkylation sites (tertiary alicyclic amines) is 1. The summed E-state index contributed by atoms with van der Waals surface area (Å²) in [6.45, 7) is 7.55. The molecule has 5 N–H and O–H groups in total. The first-order valence-corrected chi connectivity index (χ1v) is 33.6. The van der Waals surface area contributed by atoms with Gasteiger partial charge in [-0.3, -0.25) is 24.6 Å². The fourth-order valence-electron chi connectivity index (χ4n) is 15.7. The number of ether oxygens (including phenoxy) is 2. The summed E-state index contributed by atoms with van der Waals surface area (Å²) in [5, 5.41) is 25.2. The van der Waals surface area contributed by atoms with Gasteiger partial charge in [-0.2, -0.15) is 33.1 Å². The third-order valence-corrected chi connectivity index (χ3v) is 22.1. The molecule has 11 heterocycles. The zero-order valence-electron chi connectivity index (χ0n) is 51.4. The number of amides is 1. The first kappa shape index (κ1) is 64.0. The van der Waals surface area contributed by atoms with Crippen molar-refractivity contribution in [1.29, 1.82) is 0 Å². The number of piperidine rings is 2. The molecule has 29 heteroatoms. The number of phenols is 2. The van der Waals surface area contributed by atoms with E-state index in [0.29, 0.717) is 63.8 Å². The standard InChI is InChI=1S/C65H67Cl2F6N13O7S/c1-4-45(70)50(66)48-34(2)17-38(87)20-41(48)54-52(72)56-43(25-74-54)58(84-14-6-10-62(30-84)24-47(89)81-62)79-60(77-56)92-32-64(22-36(68)27-83(64)3)12-5-9-35-18-46(71)51(67)49-40(35)19-39(88)21-42(49)55-53(73)57-44(26-75-55)59(85-15-7-11-63(31-85)29-76-94(90,91)82-63)80-61(78-57)93-33-65-13-8-16-86(65)28-37(69)23-65/h4,17-21,25-26,36-37,76,82,87-88H,2,5-16,22-24,27-33H2,1,3H3,(H,81,89)/b45-4+,50-48-/t36-,37-,62+,63?,64+,65+/m1/s1. The minimum Gasteiger partial charge on any atom is -0.508 e. The normalized spacial score (nSPS) is 26.7. The highest BCUT2D eigenvalue weighted by atomic mass is 35.5. The van der Waals surface area contributed by atoms with Gasteiger partial charge in [-0.05, 0) is 125 Å². The van der Waals surface area contributed by atoms with Gasteiger partial charge in [-0.25, -0.2) is 31.1 Å². The van der Waals surface area contributed by atoms with Crippen molar-refractivity contribution >= 4 is 95.1 Å². The van der Waals surface area contributed by atoms with Crippen LogP contribution < -0.4 is 44.5 Å². The molecule has 3 aromatic carbocycles. The first-order chi connectivity index (χ1) is 44.9. The molecule has 6 atom stereocenters. The predicted octanol–water partition coefficient (Wildman–Crippen LogP) is 8.37. The molecule has 7 aliphatic rings. The van der Waals surface area contributed by atoms with Gasteiger partial charge in [-0.1, -0.05) is 35.9 Å². The Labute approximate surface area is 546 Å². The number of anilines is 2. The van der Waals surface area contributed by atoms with Crippen LogP contribution in [-0.4, -0.2) is 171 Å². The average Bonchev–Trinajstić information content (AvgIpc) is 1.06. The number of hydrogen-bond donors (Lipinski definition) is 5. The number of allylic oxidation sites excluding steroid dienone is 2. The van der Waals surface area contributed by atoms with Crippen LogP contribution in [0.2, 0.25) is 5.02 Å².